The lowest BCUT2D eigenvalue weighted by atomic mass is 10.1. The second-order valence-electron chi connectivity index (χ2n) is 6.05. The molecule has 2 N–H and O–H groups in total. The Kier molecular flexibility index (Phi) is 6.35. The standard InChI is InChI=1S/C18H27N5/c1-14-8-5-6-9-16(14)13-20-18-12-17(21-15(2)22-18)19-10-7-11-23(3)4/h5-6,8-9,12H,7,10-11,13H2,1-4H3,(H2,19,20,21,22). The maximum Gasteiger partial charge on any atom is 0.132 e. The number of anilines is 2. The molecule has 0 fully saturated rings. The largest absolute Gasteiger partial charge is 0.370 e. The van der Waals surface area contributed by atoms with Crippen molar-refractivity contribution in [2.75, 3.05) is 37.8 Å². The fourth-order valence-electron chi connectivity index (χ4n) is 2.35. The molecule has 2 rings (SSSR count). The van der Waals surface area contributed by atoms with E-state index in [1.807, 2.05) is 13.0 Å². The second kappa shape index (κ2) is 8.48. The monoisotopic (exact) mass is 313 g/mol. The summed E-state index contributed by atoms with van der Waals surface area (Å²) >= 11 is 0. The number of hydrogen-bond acceptors (Lipinski definition) is 5. The number of aromatic nitrogens is 2. The summed E-state index contributed by atoms with van der Waals surface area (Å²) in [6.07, 6.45) is 1.09. The van der Waals surface area contributed by atoms with Crippen molar-refractivity contribution in [3.05, 3.63) is 47.3 Å². The number of rotatable bonds is 8. The molecule has 0 bridgehead atoms. The van der Waals surface area contributed by atoms with Crippen LogP contribution in [0.5, 0.6) is 0 Å². The van der Waals surface area contributed by atoms with Crippen LogP contribution in [0.2, 0.25) is 0 Å². The molecule has 0 aliphatic carbocycles. The molecule has 124 valence electrons. The van der Waals surface area contributed by atoms with Gasteiger partial charge in [-0.2, -0.15) is 0 Å². The number of nitrogens with zero attached hydrogens (tertiary/aromatic N) is 3. The molecule has 0 amide bonds. The fraction of sp³-hybridized carbons (Fsp3) is 0.444. The van der Waals surface area contributed by atoms with Crippen LogP contribution in [0, 0.1) is 13.8 Å². The van der Waals surface area contributed by atoms with E-state index in [9.17, 15) is 0 Å². The van der Waals surface area contributed by atoms with Gasteiger partial charge in [0.1, 0.15) is 17.5 Å². The van der Waals surface area contributed by atoms with E-state index in [4.69, 9.17) is 0 Å². The summed E-state index contributed by atoms with van der Waals surface area (Å²) < 4.78 is 0. The maximum atomic E-state index is 4.46. The highest BCUT2D eigenvalue weighted by Crippen LogP contribution is 2.14. The van der Waals surface area contributed by atoms with Crippen molar-refractivity contribution in [2.45, 2.75) is 26.8 Å². The molecule has 0 saturated heterocycles. The van der Waals surface area contributed by atoms with Gasteiger partial charge in [-0.1, -0.05) is 24.3 Å². The van der Waals surface area contributed by atoms with E-state index >= 15 is 0 Å². The first-order chi connectivity index (χ1) is 11.0. The first-order valence-electron chi connectivity index (χ1n) is 8.07. The van der Waals surface area contributed by atoms with Crippen molar-refractivity contribution in [3.63, 3.8) is 0 Å². The summed E-state index contributed by atoms with van der Waals surface area (Å²) in [5.74, 6) is 2.51. The maximum absolute atomic E-state index is 4.46. The lowest BCUT2D eigenvalue weighted by Crippen LogP contribution is -2.17. The summed E-state index contributed by atoms with van der Waals surface area (Å²) in [6.45, 7) is 6.79. The van der Waals surface area contributed by atoms with Crippen LogP contribution in [-0.4, -0.2) is 42.1 Å². The van der Waals surface area contributed by atoms with Gasteiger partial charge in [0.25, 0.3) is 0 Å². The van der Waals surface area contributed by atoms with Crippen LogP contribution in [0.15, 0.2) is 30.3 Å². The molecule has 0 unspecified atom stereocenters. The molecule has 0 aliphatic heterocycles. The van der Waals surface area contributed by atoms with Gasteiger partial charge in [0.2, 0.25) is 0 Å². The smallest absolute Gasteiger partial charge is 0.132 e. The Bertz CT molecular complexity index is 625. The minimum absolute atomic E-state index is 0.767. The fourth-order valence-corrected chi connectivity index (χ4v) is 2.35. The van der Waals surface area contributed by atoms with E-state index in [1.165, 1.54) is 11.1 Å². The van der Waals surface area contributed by atoms with Crippen molar-refractivity contribution >= 4 is 11.6 Å². The van der Waals surface area contributed by atoms with Crippen LogP contribution in [0.25, 0.3) is 0 Å². The van der Waals surface area contributed by atoms with Crippen LogP contribution in [-0.2, 0) is 6.54 Å². The van der Waals surface area contributed by atoms with Gasteiger partial charge in [-0.05, 0) is 52.0 Å². The van der Waals surface area contributed by atoms with Crippen LogP contribution in [0.1, 0.15) is 23.4 Å². The Morgan fingerprint density at radius 1 is 1.00 bits per heavy atom. The van der Waals surface area contributed by atoms with Gasteiger partial charge >= 0.3 is 0 Å². The molecule has 5 heteroatoms. The third-order valence-corrected chi connectivity index (χ3v) is 3.65. The van der Waals surface area contributed by atoms with E-state index in [1.54, 1.807) is 0 Å². The van der Waals surface area contributed by atoms with Crippen molar-refractivity contribution < 1.29 is 0 Å². The average Bonchev–Trinajstić information content (AvgIpc) is 2.50. The van der Waals surface area contributed by atoms with Gasteiger partial charge in [-0.15, -0.1) is 0 Å². The van der Waals surface area contributed by atoms with Crippen molar-refractivity contribution in [1.29, 1.82) is 0 Å². The molecule has 0 atom stereocenters. The average molecular weight is 313 g/mol. The quantitative estimate of drug-likeness (QED) is 0.734. The molecule has 23 heavy (non-hydrogen) atoms. The van der Waals surface area contributed by atoms with E-state index in [0.29, 0.717) is 0 Å². The van der Waals surface area contributed by atoms with Gasteiger partial charge in [0.05, 0.1) is 0 Å². The van der Waals surface area contributed by atoms with Gasteiger partial charge in [-0.25, -0.2) is 9.97 Å². The number of benzene rings is 1. The topological polar surface area (TPSA) is 53.1 Å². The zero-order valence-corrected chi connectivity index (χ0v) is 14.6. The minimum Gasteiger partial charge on any atom is -0.370 e. The van der Waals surface area contributed by atoms with Gasteiger partial charge < -0.3 is 15.5 Å². The Balaban J connectivity index is 1.93. The summed E-state index contributed by atoms with van der Waals surface area (Å²) in [6, 6.07) is 10.4. The molecule has 0 saturated carbocycles. The zero-order chi connectivity index (χ0) is 16.7. The Hall–Kier alpha value is -2.14. The Morgan fingerprint density at radius 3 is 2.39 bits per heavy atom. The first-order valence-corrected chi connectivity index (χ1v) is 8.07. The number of nitrogens with one attached hydrogen (secondary N) is 2. The van der Waals surface area contributed by atoms with Crippen LogP contribution >= 0.6 is 0 Å². The SMILES string of the molecule is Cc1nc(NCCCN(C)C)cc(NCc2ccccc2C)n1. The summed E-state index contributed by atoms with van der Waals surface area (Å²) in [5, 5.41) is 6.77. The van der Waals surface area contributed by atoms with E-state index < -0.39 is 0 Å². The van der Waals surface area contributed by atoms with Crippen LogP contribution < -0.4 is 10.6 Å². The Labute approximate surface area is 139 Å². The molecular formula is C18H27N5. The third kappa shape index (κ3) is 5.87. The lowest BCUT2D eigenvalue weighted by Gasteiger charge is -2.12. The highest BCUT2D eigenvalue weighted by atomic mass is 15.1. The molecule has 0 aliphatic rings. The van der Waals surface area contributed by atoms with Gasteiger partial charge in [0.15, 0.2) is 0 Å². The molecule has 1 heterocycles. The Morgan fingerprint density at radius 2 is 1.70 bits per heavy atom. The van der Waals surface area contributed by atoms with E-state index in [2.05, 4.69) is 70.8 Å². The number of hydrogen-bond donors (Lipinski definition) is 2. The molecular weight excluding hydrogens is 286 g/mol. The molecule has 2 aromatic rings. The lowest BCUT2D eigenvalue weighted by molar-refractivity contribution is 0.405. The first kappa shape index (κ1) is 17.2. The van der Waals surface area contributed by atoms with E-state index in [-0.39, 0.29) is 0 Å². The van der Waals surface area contributed by atoms with E-state index in [0.717, 1.165) is 43.5 Å². The summed E-state index contributed by atoms with van der Waals surface area (Å²) in [4.78, 5) is 11.1. The predicted molar refractivity (Wildman–Crippen MR) is 96.9 cm³/mol. The second-order valence-corrected chi connectivity index (χ2v) is 6.05. The van der Waals surface area contributed by atoms with Crippen LogP contribution in [0.4, 0.5) is 11.6 Å². The molecule has 1 aromatic heterocycles. The highest BCUT2D eigenvalue weighted by molar-refractivity contribution is 5.48. The van der Waals surface area contributed by atoms with Crippen molar-refractivity contribution in [3.8, 4) is 0 Å². The van der Waals surface area contributed by atoms with Gasteiger partial charge in [0, 0.05) is 19.2 Å². The zero-order valence-electron chi connectivity index (χ0n) is 14.6. The molecule has 0 spiro atoms. The third-order valence-electron chi connectivity index (χ3n) is 3.65. The van der Waals surface area contributed by atoms with Crippen molar-refractivity contribution in [2.24, 2.45) is 0 Å². The molecule has 5 nitrogen and oxygen atoms in total. The normalized spacial score (nSPS) is 10.8. The summed E-state index contributed by atoms with van der Waals surface area (Å²) in [5.41, 5.74) is 2.57. The van der Waals surface area contributed by atoms with Crippen molar-refractivity contribution in [1.82, 2.24) is 14.9 Å². The molecule has 1 aromatic carbocycles. The predicted octanol–water partition coefficient (Wildman–Crippen LogP) is 3.07. The molecule has 0 radical (unpaired) electrons. The minimum atomic E-state index is 0.767. The highest BCUT2D eigenvalue weighted by Gasteiger charge is 2.03. The van der Waals surface area contributed by atoms with Crippen LogP contribution in [0.3, 0.4) is 0 Å². The van der Waals surface area contributed by atoms with Gasteiger partial charge in [-0.3, -0.25) is 0 Å². The number of aryl methyl sites for hydroxylation is 2. The summed E-state index contributed by atoms with van der Waals surface area (Å²) in [7, 11) is 4.17.